The fourth-order valence-corrected chi connectivity index (χ4v) is 6.00. The second-order valence-corrected chi connectivity index (χ2v) is 10.1. The molecule has 0 aromatic heterocycles. The molecule has 7 nitrogen and oxygen atoms in total. The van der Waals surface area contributed by atoms with Crippen molar-refractivity contribution < 1.29 is 14.3 Å². The van der Waals surface area contributed by atoms with Crippen molar-refractivity contribution in [2.24, 2.45) is 0 Å². The highest BCUT2D eigenvalue weighted by molar-refractivity contribution is 5.99. The summed E-state index contributed by atoms with van der Waals surface area (Å²) in [5.41, 5.74) is 4.25. The highest BCUT2D eigenvalue weighted by atomic mass is 16.5. The predicted octanol–water partition coefficient (Wildman–Crippen LogP) is 4.25. The van der Waals surface area contributed by atoms with E-state index in [0.29, 0.717) is 32.5 Å². The van der Waals surface area contributed by atoms with Gasteiger partial charge in [-0.25, -0.2) is 4.79 Å². The zero-order valence-electron chi connectivity index (χ0n) is 19.1. The first-order chi connectivity index (χ1) is 16.5. The van der Waals surface area contributed by atoms with Gasteiger partial charge in [0.25, 0.3) is 0 Å². The Kier molecular flexibility index (Phi) is 4.89. The number of benzene rings is 2. The topological polar surface area (TPSA) is 94.5 Å². The highest BCUT2D eigenvalue weighted by Crippen LogP contribution is 2.48. The molecule has 0 bridgehead atoms. The third-order valence-electron chi connectivity index (χ3n) is 8.15. The molecule has 2 aromatic rings. The summed E-state index contributed by atoms with van der Waals surface area (Å²) in [4.78, 5) is 27.5. The number of imide groups is 1. The molecule has 2 aromatic carbocycles. The number of nitrogens with one attached hydrogen (secondary N) is 2. The minimum absolute atomic E-state index is 0.0748. The number of carbonyl (C=O) groups is 2. The normalized spacial score (nSPS) is 25.6. The summed E-state index contributed by atoms with van der Waals surface area (Å²) in [7, 11) is 0. The number of amides is 3. The molecule has 2 heterocycles. The number of anilines is 2. The maximum absolute atomic E-state index is 13.1. The molecular weight excluding hydrogens is 428 g/mol. The number of ether oxygens (including phenoxy) is 1. The highest BCUT2D eigenvalue weighted by Gasteiger charge is 2.52. The Hall–Kier alpha value is -3.37. The van der Waals surface area contributed by atoms with Gasteiger partial charge in [0.2, 0.25) is 5.91 Å². The second-order valence-electron chi connectivity index (χ2n) is 10.1. The lowest BCUT2D eigenvalue weighted by Crippen LogP contribution is -2.66. The summed E-state index contributed by atoms with van der Waals surface area (Å²) in [5, 5.41) is 16.3. The number of hydrogen-bond acceptors (Lipinski definition) is 5. The van der Waals surface area contributed by atoms with Crippen LogP contribution in [0.15, 0.2) is 42.5 Å². The number of fused-ring (bicyclic) bond motifs is 2. The summed E-state index contributed by atoms with van der Waals surface area (Å²) in [6, 6.07) is 16.3. The third kappa shape index (κ3) is 3.20. The molecule has 6 rings (SSSR count). The number of hydrogen-bond donors (Lipinski definition) is 2. The molecule has 2 saturated heterocycles. The minimum Gasteiger partial charge on any atom is -0.381 e. The first-order valence-corrected chi connectivity index (χ1v) is 12.2. The summed E-state index contributed by atoms with van der Waals surface area (Å²) in [5.74, 6) is -0.0994. The number of urea groups is 1. The maximum atomic E-state index is 13.1. The standard InChI is InChI=1S/C27H28N4O3/c28-17-26(11-2-12-26)18-5-7-19(8-6-18)29-23-4-1-3-22-21(23)15-27(22)16-24(32)31(25(33)30-27)20-9-13-34-14-10-20/h1,3-8,20,29H,2,9-16H2,(H,30,33)/t27-/m0/s1. The molecule has 174 valence electrons. The Morgan fingerprint density at radius 2 is 1.82 bits per heavy atom. The predicted molar refractivity (Wildman–Crippen MR) is 127 cm³/mol. The van der Waals surface area contributed by atoms with Crippen LogP contribution in [0.4, 0.5) is 16.2 Å². The van der Waals surface area contributed by atoms with Crippen LogP contribution in [0.2, 0.25) is 0 Å². The molecule has 1 spiro atoms. The molecule has 0 unspecified atom stereocenters. The largest absolute Gasteiger partial charge is 0.381 e. The van der Waals surface area contributed by atoms with E-state index >= 15 is 0 Å². The number of nitrogens with zero attached hydrogens (tertiary/aromatic N) is 2. The van der Waals surface area contributed by atoms with Gasteiger partial charge in [0.15, 0.2) is 0 Å². The summed E-state index contributed by atoms with van der Waals surface area (Å²) >= 11 is 0. The van der Waals surface area contributed by atoms with Crippen LogP contribution in [0.5, 0.6) is 0 Å². The van der Waals surface area contributed by atoms with Gasteiger partial charge in [-0.2, -0.15) is 5.26 Å². The molecule has 34 heavy (non-hydrogen) atoms. The molecule has 2 N–H and O–H groups in total. The minimum atomic E-state index is -0.615. The number of rotatable bonds is 4. The van der Waals surface area contributed by atoms with Gasteiger partial charge in [-0.15, -0.1) is 0 Å². The maximum Gasteiger partial charge on any atom is 0.325 e. The SMILES string of the molecule is N#CC1(c2ccc(Nc3cccc4c3C[C@]43CC(=O)N(C4CCOCC4)C(=O)N3)cc2)CCC1. The molecule has 2 aliphatic heterocycles. The number of carbonyl (C=O) groups excluding carboxylic acids is 2. The van der Waals surface area contributed by atoms with Gasteiger partial charge < -0.3 is 15.4 Å². The Morgan fingerprint density at radius 1 is 1.06 bits per heavy atom. The lowest BCUT2D eigenvalue weighted by Gasteiger charge is -2.50. The van der Waals surface area contributed by atoms with E-state index in [1.54, 1.807) is 0 Å². The van der Waals surface area contributed by atoms with Crippen LogP contribution in [0.25, 0.3) is 0 Å². The summed E-state index contributed by atoms with van der Waals surface area (Å²) in [6.07, 6.45) is 5.28. The Labute approximate surface area is 199 Å². The van der Waals surface area contributed by atoms with E-state index in [9.17, 15) is 14.9 Å². The van der Waals surface area contributed by atoms with Crippen molar-refractivity contribution >= 4 is 23.3 Å². The van der Waals surface area contributed by atoms with Gasteiger partial charge in [-0.05, 0) is 67.0 Å². The van der Waals surface area contributed by atoms with Crippen molar-refractivity contribution in [1.29, 1.82) is 5.26 Å². The molecule has 2 aliphatic carbocycles. The first-order valence-electron chi connectivity index (χ1n) is 12.2. The molecule has 1 atom stereocenters. The number of nitriles is 1. The molecule has 4 aliphatic rings. The summed E-state index contributed by atoms with van der Waals surface area (Å²) in [6.45, 7) is 1.17. The summed E-state index contributed by atoms with van der Waals surface area (Å²) < 4.78 is 5.39. The van der Waals surface area contributed by atoms with E-state index in [4.69, 9.17) is 4.74 Å². The molecule has 7 heteroatoms. The smallest absolute Gasteiger partial charge is 0.325 e. The average molecular weight is 457 g/mol. The fraction of sp³-hybridized carbons (Fsp3) is 0.444. The van der Waals surface area contributed by atoms with Crippen LogP contribution < -0.4 is 10.6 Å². The third-order valence-corrected chi connectivity index (χ3v) is 8.15. The molecule has 1 saturated carbocycles. The van der Waals surface area contributed by atoms with E-state index in [0.717, 1.165) is 47.3 Å². The zero-order valence-corrected chi connectivity index (χ0v) is 19.1. The first kappa shape index (κ1) is 21.2. The Morgan fingerprint density at radius 3 is 2.47 bits per heavy atom. The lowest BCUT2D eigenvalue weighted by atomic mass is 9.65. The van der Waals surface area contributed by atoms with Crippen molar-refractivity contribution in [2.45, 2.75) is 61.9 Å². The fourth-order valence-electron chi connectivity index (χ4n) is 6.00. The van der Waals surface area contributed by atoms with E-state index in [1.165, 1.54) is 4.90 Å². The van der Waals surface area contributed by atoms with Crippen LogP contribution in [0, 0.1) is 11.3 Å². The van der Waals surface area contributed by atoms with Crippen LogP contribution in [-0.4, -0.2) is 36.1 Å². The van der Waals surface area contributed by atoms with Gasteiger partial charge in [0.1, 0.15) is 0 Å². The zero-order chi connectivity index (χ0) is 23.3. The average Bonchev–Trinajstić information content (AvgIpc) is 2.80. The Bertz CT molecular complexity index is 1170. The van der Waals surface area contributed by atoms with Crippen molar-refractivity contribution in [3.63, 3.8) is 0 Å². The van der Waals surface area contributed by atoms with Crippen molar-refractivity contribution in [2.75, 3.05) is 18.5 Å². The van der Waals surface area contributed by atoms with Crippen LogP contribution in [0.1, 0.15) is 55.2 Å². The molecule has 3 fully saturated rings. The van der Waals surface area contributed by atoms with Gasteiger partial charge in [-0.1, -0.05) is 24.3 Å². The van der Waals surface area contributed by atoms with Crippen LogP contribution >= 0.6 is 0 Å². The van der Waals surface area contributed by atoms with Crippen LogP contribution in [0.3, 0.4) is 0 Å². The van der Waals surface area contributed by atoms with Crippen molar-refractivity contribution in [3.8, 4) is 6.07 Å². The van der Waals surface area contributed by atoms with Crippen LogP contribution in [-0.2, 0) is 26.9 Å². The quantitative estimate of drug-likeness (QED) is 0.717. The van der Waals surface area contributed by atoms with Gasteiger partial charge in [0, 0.05) is 37.1 Å². The second kappa shape index (κ2) is 7.85. The van der Waals surface area contributed by atoms with E-state index < -0.39 is 5.54 Å². The van der Waals surface area contributed by atoms with Crippen molar-refractivity contribution in [3.05, 3.63) is 59.2 Å². The lowest BCUT2D eigenvalue weighted by molar-refractivity contribution is -0.136. The van der Waals surface area contributed by atoms with Gasteiger partial charge >= 0.3 is 6.03 Å². The molecule has 3 amide bonds. The monoisotopic (exact) mass is 456 g/mol. The van der Waals surface area contributed by atoms with Crippen molar-refractivity contribution in [1.82, 2.24) is 10.2 Å². The van der Waals surface area contributed by atoms with E-state index in [2.05, 4.69) is 16.7 Å². The molecular formula is C27H28N4O3. The van der Waals surface area contributed by atoms with Gasteiger partial charge in [-0.3, -0.25) is 9.69 Å². The van der Waals surface area contributed by atoms with E-state index in [-0.39, 0.29) is 29.8 Å². The van der Waals surface area contributed by atoms with E-state index in [1.807, 2.05) is 42.5 Å². The Balaban J connectivity index is 1.19. The van der Waals surface area contributed by atoms with Gasteiger partial charge in [0.05, 0.1) is 23.4 Å². The molecule has 0 radical (unpaired) electrons.